The van der Waals surface area contributed by atoms with Crippen LogP contribution in [0.25, 0.3) is 0 Å². The van der Waals surface area contributed by atoms with Gasteiger partial charge in [-0.2, -0.15) is 0 Å². The predicted octanol–water partition coefficient (Wildman–Crippen LogP) is 0.812. The van der Waals surface area contributed by atoms with Gasteiger partial charge in [0.25, 0.3) is 12.3 Å². The summed E-state index contributed by atoms with van der Waals surface area (Å²) in [6, 6.07) is 0. The molecule has 1 amide bonds. The smallest absolute Gasteiger partial charge is 0.329 e. The van der Waals surface area contributed by atoms with Gasteiger partial charge in [-0.1, -0.05) is 19.3 Å². The van der Waals surface area contributed by atoms with Crippen molar-refractivity contribution in [2.45, 2.75) is 50.9 Å². The maximum absolute atomic E-state index is 12.6. The number of amides is 1. The molecule has 0 aromatic carbocycles. The Morgan fingerprint density at radius 2 is 2.14 bits per heavy atom. The van der Waals surface area contributed by atoms with Crippen LogP contribution in [0.4, 0.5) is 0 Å². The summed E-state index contributed by atoms with van der Waals surface area (Å²) in [6.07, 6.45) is 6.36. The normalized spacial score (nSPS) is 26.1. The van der Waals surface area contributed by atoms with Crippen molar-refractivity contribution in [3.63, 3.8) is 0 Å². The van der Waals surface area contributed by atoms with Crippen molar-refractivity contribution in [2.24, 2.45) is 0 Å². The van der Waals surface area contributed by atoms with Gasteiger partial charge >= 0.3 is 5.97 Å². The zero-order valence-corrected chi connectivity index (χ0v) is 11.9. The first-order valence-electron chi connectivity index (χ1n) is 7.17. The average Bonchev–Trinajstić information content (AvgIpc) is 2.98. The molecule has 7 nitrogen and oxygen atoms in total. The van der Waals surface area contributed by atoms with E-state index in [1.807, 2.05) is 0 Å². The Morgan fingerprint density at radius 3 is 2.81 bits per heavy atom. The molecule has 0 spiro atoms. The Hall–Kier alpha value is -2.18. The molecule has 0 radical (unpaired) electrons. The van der Waals surface area contributed by atoms with Gasteiger partial charge in [-0.25, -0.2) is 4.79 Å². The third-order valence-corrected chi connectivity index (χ3v) is 4.32. The number of nitrogens with one attached hydrogen (secondary N) is 2. The van der Waals surface area contributed by atoms with Crippen molar-refractivity contribution in [3.05, 3.63) is 23.9 Å². The second-order valence-electron chi connectivity index (χ2n) is 5.70. The van der Waals surface area contributed by atoms with Crippen molar-refractivity contribution < 1.29 is 19.4 Å². The van der Waals surface area contributed by atoms with E-state index in [1.54, 1.807) is 18.0 Å². The van der Waals surface area contributed by atoms with Crippen LogP contribution in [-0.4, -0.2) is 33.8 Å². The Balaban J connectivity index is 1.80. The third-order valence-electron chi connectivity index (χ3n) is 4.32. The van der Waals surface area contributed by atoms with Crippen LogP contribution in [0.1, 0.15) is 39.0 Å². The Labute approximate surface area is 122 Å². The summed E-state index contributed by atoms with van der Waals surface area (Å²) in [5.41, 5.74) is -0.0523. The maximum Gasteiger partial charge on any atom is 0.329 e. The van der Waals surface area contributed by atoms with Crippen LogP contribution in [0.5, 0.6) is 0 Å². The topological polar surface area (TPSA) is 90.9 Å². The number of aliphatic carboxylic acids is 1. The molecule has 3 aliphatic rings. The molecule has 0 bridgehead atoms. The van der Waals surface area contributed by atoms with Gasteiger partial charge in [0.15, 0.2) is 0 Å². The third kappa shape index (κ3) is 2.22. The largest absolute Gasteiger partial charge is 0.480 e. The van der Waals surface area contributed by atoms with Gasteiger partial charge in [-0.3, -0.25) is 9.69 Å². The van der Waals surface area contributed by atoms with E-state index in [9.17, 15) is 14.7 Å². The lowest BCUT2D eigenvalue weighted by Gasteiger charge is -2.34. The fourth-order valence-corrected chi connectivity index (χ4v) is 3.17. The van der Waals surface area contributed by atoms with Crippen molar-refractivity contribution in [1.82, 2.24) is 15.5 Å². The maximum atomic E-state index is 12.6. The highest BCUT2D eigenvalue weighted by atomic mass is 16.5. The summed E-state index contributed by atoms with van der Waals surface area (Å²) < 4.78 is 5.29. The minimum absolute atomic E-state index is 0.373. The molecule has 0 saturated heterocycles. The highest BCUT2D eigenvalue weighted by molar-refractivity contribution is 5.98. The quantitative estimate of drug-likeness (QED) is 0.713. The lowest BCUT2D eigenvalue weighted by atomic mass is 9.81. The Kier molecular flexibility index (Phi) is 3.27. The first-order chi connectivity index (χ1) is 10.0. The van der Waals surface area contributed by atoms with E-state index < -0.39 is 17.9 Å². The molecule has 1 saturated carbocycles. The van der Waals surface area contributed by atoms with Gasteiger partial charge in [-0.15, -0.1) is 0 Å². The lowest BCUT2D eigenvalue weighted by molar-refractivity contribution is -0.148. The summed E-state index contributed by atoms with van der Waals surface area (Å²) in [6.45, 7) is 1.78. The molecule has 1 atom stereocenters. The molecule has 3 rings (SSSR count). The van der Waals surface area contributed by atoms with E-state index in [-0.39, 0.29) is 5.91 Å². The molecule has 1 aliphatic carbocycles. The molecule has 114 valence electrons. The van der Waals surface area contributed by atoms with E-state index in [2.05, 4.69) is 10.6 Å². The van der Waals surface area contributed by atoms with Crippen LogP contribution in [0.15, 0.2) is 23.9 Å². The Morgan fingerprint density at radius 1 is 1.43 bits per heavy atom. The van der Waals surface area contributed by atoms with Crippen LogP contribution in [0.2, 0.25) is 0 Å². The monoisotopic (exact) mass is 293 g/mol. The second-order valence-corrected chi connectivity index (χ2v) is 5.70. The number of carboxylic acids is 1. The molecule has 2 heterocycles. The minimum atomic E-state index is -1.15. The summed E-state index contributed by atoms with van der Waals surface area (Å²) in [5.74, 6) is -1.33. The number of hydrogen-bond donors (Lipinski definition) is 3. The van der Waals surface area contributed by atoms with Crippen molar-refractivity contribution in [1.29, 1.82) is 0 Å². The number of carboxylic acid groups (broad SMARTS) is 1. The molecule has 0 aromatic rings. The van der Waals surface area contributed by atoms with E-state index >= 15 is 0 Å². The van der Waals surface area contributed by atoms with Crippen molar-refractivity contribution in [2.75, 3.05) is 0 Å². The predicted molar refractivity (Wildman–Crippen MR) is 73.3 cm³/mol. The molecule has 2 aliphatic heterocycles. The molecular weight excluding hydrogens is 274 g/mol. The molecule has 0 aromatic heterocycles. The van der Waals surface area contributed by atoms with E-state index in [0.717, 1.165) is 19.3 Å². The van der Waals surface area contributed by atoms with Crippen molar-refractivity contribution >= 4 is 11.9 Å². The number of carbonyl (C=O) groups is 2. The van der Waals surface area contributed by atoms with Crippen LogP contribution in [-0.2, 0) is 14.3 Å². The number of allylic oxidation sites excluding steroid dienone is 1. The SMILES string of the molecule is CC1=C(C(=O)NC2(C(=O)O)CCCCC2)N2C=COC2N1. The van der Waals surface area contributed by atoms with E-state index in [4.69, 9.17) is 4.74 Å². The molecule has 21 heavy (non-hydrogen) atoms. The highest BCUT2D eigenvalue weighted by Gasteiger charge is 2.44. The summed E-state index contributed by atoms with van der Waals surface area (Å²) in [5, 5.41) is 15.3. The standard InChI is InChI=1S/C14H19N3O4/c1-9-10(17-7-8-21-13(17)15-9)11(18)16-14(12(19)20)5-3-2-4-6-14/h7-8,13,15H,2-6H2,1H3,(H,16,18)(H,19,20). The first kappa shape index (κ1) is 13.8. The average molecular weight is 293 g/mol. The van der Waals surface area contributed by atoms with Crippen LogP contribution in [0, 0.1) is 0 Å². The van der Waals surface area contributed by atoms with Crippen LogP contribution >= 0.6 is 0 Å². The summed E-state index contributed by atoms with van der Waals surface area (Å²) >= 11 is 0. The van der Waals surface area contributed by atoms with Crippen molar-refractivity contribution in [3.8, 4) is 0 Å². The number of rotatable bonds is 3. The summed E-state index contributed by atoms with van der Waals surface area (Å²) in [7, 11) is 0. The molecule has 3 N–H and O–H groups in total. The number of ether oxygens (including phenoxy) is 1. The lowest BCUT2D eigenvalue weighted by Crippen LogP contribution is -2.56. The van der Waals surface area contributed by atoms with E-state index in [0.29, 0.717) is 24.2 Å². The van der Waals surface area contributed by atoms with Gasteiger partial charge in [0.1, 0.15) is 17.5 Å². The number of nitrogens with zero attached hydrogens (tertiary/aromatic N) is 1. The van der Waals surface area contributed by atoms with Gasteiger partial charge in [0.05, 0.1) is 0 Å². The Bertz CT molecular complexity index is 534. The summed E-state index contributed by atoms with van der Waals surface area (Å²) in [4.78, 5) is 25.9. The van der Waals surface area contributed by atoms with Gasteiger partial charge < -0.3 is 20.5 Å². The van der Waals surface area contributed by atoms with Crippen LogP contribution < -0.4 is 10.6 Å². The van der Waals surface area contributed by atoms with Gasteiger partial charge in [0.2, 0.25) is 0 Å². The fraction of sp³-hybridized carbons (Fsp3) is 0.571. The molecule has 7 heteroatoms. The molecular formula is C14H19N3O4. The fourth-order valence-electron chi connectivity index (χ4n) is 3.17. The van der Waals surface area contributed by atoms with Gasteiger partial charge in [-0.05, 0) is 19.8 Å². The molecule has 1 unspecified atom stereocenters. The van der Waals surface area contributed by atoms with Gasteiger partial charge in [0, 0.05) is 11.9 Å². The first-order valence-corrected chi connectivity index (χ1v) is 7.17. The molecule has 1 fully saturated rings. The number of hydrogen-bond acceptors (Lipinski definition) is 5. The highest BCUT2D eigenvalue weighted by Crippen LogP contribution is 2.31. The second kappa shape index (κ2) is 4.98. The van der Waals surface area contributed by atoms with E-state index in [1.165, 1.54) is 6.26 Å². The minimum Gasteiger partial charge on any atom is -0.480 e. The zero-order valence-electron chi connectivity index (χ0n) is 11.9. The van der Waals surface area contributed by atoms with Crippen LogP contribution in [0.3, 0.4) is 0 Å². The number of carbonyl (C=O) groups excluding carboxylic acids is 1. The number of fused-ring (bicyclic) bond motifs is 1. The zero-order chi connectivity index (χ0) is 15.0.